The topological polar surface area (TPSA) is 51.2 Å². The first-order valence-corrected chi connectivity index (χ1v) is 9.13. The molecular weight excluding hydrogens is 351 g/mol. The monoisotopic (exact) mass is 370 g/mol. The maximum Gasteiger partial charge on any atom is 0.270 e. The summed E-state index contributed by atoms with van der Waals surface area (Å²) in [6.07, 6.45) is 0. The average molecular weight is 370 g/mol. The number of thiazole rings is 1. The van der Waals surface area contributed by atoms with Crippen LogP contribution in [0.25, 0.3) is 10.6 Å². The molecule has 0 radical (unpaired) electrons. The zero-order valence-corrected chi connectivity index (χ0v) is 15.3. The minimum atomic E-state index is -0.275. The molecule has 0 fully saturated rings. The number of hydrogen-bond acceptors (Lipinski definition) is 4. The number of hydrogen-bond donors (Lipinski definition) is 1. The van der Waals surface area contributed by atoms with Crippen LogP contribution in [0.15, 0.2) is 53.9 Å². The number of amides is 1. The Kier molecular flexibility index (Phi) is 5.63. The molecular formula is C20H19FN2O2S. The Bertz CT molecular complexity index is 891. The standard InChI is InChI=1S/C20H19FN2O2S/c1-13(2)22-19(24)18-12-26-20(23-18)15-6-8-17(9-7-15)25-11-14-4-3-5-16(21)10-14/h3-10,12-13H,11H2,1-2H3,(H,22,24). The molecule has 0 bridgehead atoms. The van der Waals surface area contributed by atoms with Crippen molar-refractivity contribution in [3.05, 3.63) is 71.0 Å². The summed E-state index contributed by atoms with van der Waals surface area (Å²) in [6.45, 7) is 4.12. The molecule has 4 nitrogen and oxygen atoms in total. The lowest BCUT2D eigenvalue weighted by Gasteiger charge is -2.07. The van der Waals surface area contributed by atoms with Crippen molar-refractivity contribution in [1.29, 1.82) is 0 Å². The predicted octanol–water partition coefficient (Wildman–Crippen LogP) is 4.67. The highest BCUT2D eigenvalue weighted by atomic mass is 32.1. The molecule has 0 atom stereocenters. The Morgan fingerprint density at radius 2 is 2.00 bits per heavy atom. The number of carbonyl (C=O) groups is 1. The summed E-state index contributed by atoms with van der Waals surface area (Å²) in [4.78, 5) is 16.4. The molecule has 134 valence electrons. The molecule has 0 saturated carbocycles. The largest absolute Gasteiger partial charge is 0.489 e. The SMILES string of the molecule is CC(C)NC(=O)c1csc(-c2ccc(OCc3cccc(F)c3)cc2)n1. The van der Waals surface area contributed by atoms with E-state index in [1.165, 1.54) is 23.5 Å². The van der Waals surface area contributed by atoms with Gasteiger partial charge in [-0.15, -0.1) is 11.3 Å². The zero-order valence-electron chi connectivity index (χ0n) is 14.5. The van der Waals surface area contributed by atoms with Gasteiger partial charge in [-0.2, -0.15) is 0 Å². The lowest BCUT2D eigenvalue weighted by atomic mass is 10.2. The summed E-state index contributed by atoms with van der Waals surface area (Å²) in [6, 6.07) is 13.9. The molecule has 0 aliphatic carbocycles. The summed E-state index contributed by atoms with van der Waals surface area (Å²) in [5.41, 5.74) is 2.11. The molecule has 3 aromatic rings. The Hall–Kier alpha value is -2.73. The van der Waals surface area contributed by atoms with Gasteiger partial charge in [0.1, 0.15) is 28.9 Å². The Morgan fingerprint density at radius 3 is 2.69 bits per heavy atom. The summed E-state index contributed by atoms with van der Waals surface area (Å²) < 4.78 is 18.8. The number of benzene rings is 2. The number of aromatic nitrogens is 1. The molecule has 1 heterocycles. The Labute approximate surface area is 155 Å². The van der Waals surface area contributed by atoms with Gasteiger partial charge in [-0.05, 0) is 55.8 Å². The van der Waals surface area contributed by atoms with E-state index in [4.69, 9.17) is 4.74 Å². The highest BCUT2D eigenvalue weighted by Crippen LogP contribution is 2.26. The predicted molar refractivity (Wildman–Crippen MR) is 101 cm³/mol. The molecule has 0 spiro atoms. The summed E-state index contributed by atoms with van der Waals surface area (Å²) in [5.74, 6) is 0.243. The van der Waals surface area contributed by atoms with E-state index in [0.717, 1.165) is 16.1 Å². The third-order valence-corrected chi connectivity index (χ3v) is 4.44. The molecule has 0 unspecified atom stereocenters. The normalized spacial score (nSPS) is 10.8. The summed E-state index contributed by atoms with van der Waals surface area (Å²) in [7, 11) is 0. The van der Waals surface area contributed by atoms with Crippen molar-refractivity contribution < 1.29 is 13.9 Å². The molecule has 1 amide bonds. The molecule has 0 aliphatic heterocycles. The maximum absolute atomic E-state index is 13.2. The van der Waals surface area contributed by atoms with Gasteiger partial charge in [0.15, 0.2) is 0 Å². The molecule has 0 saturated heterocycles. The number of rotatable bonds is 6. The van der Waals surface area contributed by atoms with Gasteiger partial charge in [-0.3, -0.25) is 4.79 Å². The van der Waals surface area contributed by atoms with E-state index in [2.05, 4.69) is 10.3 Å². The second-order valence-corrected chi connectivity index (χ2v) is 6.97. The van der Waals surface area contributed by atoms with Crippen molar-refractivity contribution in [3.8, 4) is 16.3 Å². The molecule has 1 aromatic heterocycles. The van der Waals surface area contributed by atoms with Crippen molar-refractivity contribution in [2.45, 2.75) is 26.5 Å². The van der Waals surface area contributed by atoms with Gasteiger partial charge in [-0.1, -0.05) is 12.1 Å². The minimum Gasteiger partial charge on any atom is -0.489 e. The average Bonchev–Trinajstić information content (AvgIpc) is 3.10. The lowest BCUT2D eigenvalue weighted by molar-refractivity contribution is 0.0939. The van der Waals surface area contributed by atoms with Gasteiger partial charge >= 0.3 is 0 Å². The Balaban J connectivity index is 1.64. The highest BCUT2D eigenvalue weighted by molar-refractivity contribution is 7.13. The van der Waals surface area contributed by atoms with Crippen molar-refractivity contribution >= 4 is 17.2 Å². The quantitative estimate of drug-likeness (QED) is 0.686. The third-order valence-electron chi connectivity index (χ3n) is 3.55. The van der Waals surface area contributed by atoms with E-state index < -0.39 is 0 Å². The van der Waals surface area contributed by atoms with Crippen molar-refractivity contribution in [3.63, 3.8) is 0 Å². The van der Waals surface area contributed by atoms with Crippen molar-refractivity contribution in [1.82, 2.24) is 10.3 Å². The van der Waals surface area contributed by atoms with Gasteiger partial charge in [-0.25, -0.2) is 9.37 Å². The van der Waals surface area contributed by atoms with Crippen LogP contribution in [0.3, 0.4) is 0 Å². The van der Waals surface area contributed by atoms with Crippen LogP contribution in [-0.2, 0) is 6.61 Å². The first-order valence-electron chi connectivity index (χ1n) is 8.25. The van der Waals surface area contributed by atoms with E-state index >= 15 is 0 Å². The molecule has 3 rings (SSSR count). The fourth-order valence-electron chi connectivity index (χ4n) is 2.33. The van der Waals surface area contributed by atoms with Crippen LogP contribution in [0.4, 0.5) is 4.39 Å². The fraction of sp³-hybridized carbons (Fsp3) is 0.200. The molecule has 2 aromatic carbocycles. The smallest absolute Gasteiger partial charge is 0.270 e. The van der Waals surface area contributed by atoms with Crippen LogP contribution in [0.2, 0.25) is 0 Å². The van der Waals surface area contributed by atoms with Crippen molar-refractivity contribution in [2.24, 2.45) is 0 Å². The van der Waals surface area contributed by atoms with E-state index in [1.54, 1.807) is 11.4 Å². The first-order chi connectivity index (χ1) is 12.5. The van der Waals surface area contributed by atoms with Crippen molar-refractivity contribution in [2.75, 3.05) is 0 Å². The molecule has 26 heavy (non-hydrogen) atoms. The van der Waals surface area contributed by atoms with Gasteiger partial charge in [0.05, 0.1) is 0 Å². The van der Waals surface area contributed by atoms with Crippen LogP contribution in [0, 0.1) is 5.82 Å². The molecule has 6 heteroatoms. The van der Waals surface area contributed by atoms with E-state index in [1.807, 2.05) is 44.2 Å². The summed E-state index contributed by atoms with van der Waals surface area (Å²) in [5, 5.41) is 5.35. The third kappa shape index (κ3) is 4.67. The van der Waals surface area contributed by atoms with Gasteiger partial charge in [0, 0.05) is 17.0 Å². The molecule has 0 aliphatic rings. The van der Waals surface area contributed by atoms with E-state index in [0.29, 0.717) is 18.1 Å². The van der Waals surface area contributed by atoms with Crippen LogP contribution < -0.4 is 10.1 Å². The minimum absolute atomic E-state index is 0.0715. The second-order valence-electron chi connectivity index (χ2n) is 6.11. The summed E-state index contributed by atoms with van der Waals surface area (Å²) >= 11 is 1.42. The number of nitrogens with zero attached hydrogens (tertiary/aromatic N) is 1. The molecule has 1 N–H and O–H groups in total. The van der Waals surface area contributed by atoms with E-state index in [-0.39, 0.29) is 17.8 Å². The number of nitrogens with one attached hydrogen (secondary N) is 1. The van der Waals surface area contributed by atoms with Crippen LogP contribution in [0.1, 0.15) is 29.9 Å². The number of ether oxygens (including phenoxy) is 1. The fourth-order valence-corrected chi connectivity index (χ4v) is 3.14. The Morgan fingerprint density at radius 1 is 1.23 bits per heavy atom. The number of halogens is 1. The number of carbonyl (C=O) groups excluding carboxylic acids is 1. The highest BCUT2D eigenvalue weighted by Gasteiger charge is 2.12. The van der Waals surface area contributed by atoms with Crippen LogP contribution in [0.5, 0.6) is 5.75 Å². The zero-order chi connectivity index (χ0) is 18.5. The van der Waals surface area contributed by atoms with Crippen LogP contribution in [-0.4, -0.2) is 16.9 Å². The lowest BCUT2D eigenvalue weighted by Crippen LogP contribution is -2.30. The maximum atomic E-state index is 13.2. The first kappa shape index (κ1) is 18.1. The second kappa shape index (κ2) is 8.10. The van der Waals surface area contributed by atoms with Gasteiger partial charge < -0.3 is 10.1 Å². The van der Waals surface area contributed by atoms with E-state index in [9.17, 15) is 9.18 Å². The van der Waals surface area contributed by atoms with Crippen LogP contribution >= 0.6 is 11.3 Å². The van der Waals surface area contributed by atoms with Gasteiger partial charge in [0.2, 0.25) is 0 Å². The van der Waals surface area contributed by atoms with Gasteiger partial charge in [0.25, 0.3) is 5.91 Å².